The number of hydrogen-bond acceptors (Lipinski definition) is 1. The van der Waals surface area contributed by atoms with E-state index in [-0.39, 0.29) is 0 Å². The van der Waals surface area contributed by atoms with Gasteiger partial charge >= 0.3 is 0 Å². The van der Waals surface area contributed by atoms with Crippen LogP contribution in [0, 0.1) is 5.92 Å². The van der Waals surface area contributed by atoms with Gasteiger partial charge in [0, 0.05) is 0 Å². The lowest BCUT2D eigenvalue weighted by Gasteiger charge is -2.26. The molecule has 1 heterocycles. The Bertz CT molecular complexity index is 116. The van der Waals surface area contributed by atoms with Crippen molar-refractivity contribution in [1.82, 2.24) is 4.90 Å². The van der Waals surface area contributed by atoms with Gasteiger partial charge in [-0.05, 0) is 51.2 Å². The van der Waals surface area contributed by atoms with Gasteiger partial charge in [-0.15, -0.1) is 0 Å². The van der Waals surface area contributed by atoms with Gasteiger partial charge in [0.1, 0.15) is 0 Å². The van der Waals surface area contributed by atoms with Crippen molar-refractivity contribution in [1.29, 1.82) is 0 Å². The molecule has 0 aliphatic carbocycles. The topological polar surface area (TPSA) is 3.24 Å². The van der Waals surface area contributed by atoms with E-state index in [4.69, 9.17) is 0 Å². The fourth-order valence-corrected chi connectivity index (χ4v) is 2.05. The van der Waals surface area contributed by atoms with Crippen molar-refractivity contribution >= 4 is 0 Å². The van der Waals surface area contributed by atoms with Crippen LogP contribution in [-0.2, 0) is 0 Å². The van der Waals surface area contributed by atoms with Crippen LogP contribution in [-0.4, -0.2) is 24.5 Å². The van der Waals surface area contributed by atoms with E-state index in [1.54, 1.807) is 0 Å². The summed E-state index contributed by atoms with van der Waals surface area (Å²) in [4.78, 5) is 2.64. The summed E-state index contributed by atoms with van der Waals surface area (Å²) < 4.78 is 0. The Labute approximate surface area is 83.5 Å². The number of piperidine rings is 1. The first kappa shape index (κ1) is 11.0. The summed E-state index contributed by atoms with van der Waals surface area (Å²) in [6.07, 6.45) is 8.51. The fraction of sp³-hybridized carbons (Fsp3) is 1.00. The summed E-state index contributed by atoms with van der Waals surface area (Å²) >= 11 is 0. The van der Waals surface area contributed by atoms with Crippen molar-refractivity contribution in [2.45, 2.75) is 52.4 Å². The second-order valence-corrected chi connectivity index (χ2v) is 4.56. The van der Waals surface area contributed by atoms with Crippen LogP contribution >= 0.6 is 0 Å². The predicted molar refractivity (Wildman–Crippen MR) is 59.0 cm³/mol. The van der Waals surface area contributed by atoms with Crippen molar-refractivity contribution in [3.05, 3.63) is 0 Å². The minimum absolute atomic E-state index is 0.935. The standard InChI is InChI=1S/C12H25N/c1-3-12(2)8-7-11-13-9-5-4-6-10-13/h12H,3-11H2,1-2H3. The highest BCUT2D eigenvalue weighted by atomic mass is 15.1. The third-order valence-corrected chi connectivity index (χ3v) is 3.32. The average molecular weight is 183 g/mol. The maximum atomic E-state index is 2.64. The molecule has 0 spiro atoms. The maximum Gasteiger partial charge on any atom is -0.00186 e. The van der Waals surface area contributed by atoms with Crippen molar-refractivity contribution in [2.24, 2.45) is 5.92 Å². The molecular formula is C12H25N. The lowest BCUT2D eigenvalue weighted by Crippen LogP contribution is -2.30. The van der Waals surface area contributed by atoms with Gasteiger partial charge in [0.25, 0.3) is 0 Å². The Hall–Kier alpha value is -0.0400. The van der Waals surface area contributed by atoms with Crippen LogP contribution in [0.3, 0.4) is 0 Å². The average Bonchev–Trinajstić information content (AvgIpc) is 2.19. The van der Waals surface area contributed by atoms with Gasteiger partial charge in [0.05, 0.1) is 0 Å². The van der Waals surface area contributed by atoms with E-state index < -0.39 is 0 Å². The quantitative estimate of drug-likeness (QED) is 0.632. The fourth-order valence-electron chi connectivity index (χ4n) is 2.05. The van der Waals surface area contributed by atoms with Crippen molar-refractivity contribution in [2.75, 3.05) is 19.6 Å². The van der Waals surface area contributed by atoms with Crippen LogP contribution in [0.1, 0.15) is 52.4 Å². The van der Waals surface area contributed by atoms with Gasteiger partial charge in [-0.3, -0.25) is 0 Å². The minimum Gasteiger partial charge on any atom is -0.303 e. The minimum atomic E-state index is 0.935. The van der Waals surface area contributed by atoms with E-state index in [1.807, 2.05) is 0 Å². The highest BCUT2D eigenvalue weighted by Gasteiger charge is 2.09. The molecule has 1 atom stereocenters. The molecule has 1 aliphatic heterocycles. The molecule has 78 valence electrons. The molecule has 1 unspecified atom stereocenters. The van der Waals surface area contributed by atoms with Gasteiger partial charge in [-0.1, -0.05) is 26.7 Å². The number of rotatable bonds is 5. The van der Waals surface area contributed by atoms with E-state index in [9.17, 15) is 0 Å². The van der Waals surface area contributed by atoms with Crippen molar-refractivity contribution in [3.63, 3.8) is 0 Å². The van der Waals surface area contributed by atoms with Gasteiger partial charge < -0.3 is 4.90 Å². The Morgan fingerprint density at radius 2 is 1.85 bits per heavy atom. The highest BCUT2D eigenvalue weighted by Crippen LogP contribution is 2.13. The highest BCUT2D eigenvalue weighted by molar-refractivity contribution is 4.64. The summed E-state index contributed by atoms with van der Waals surface area (Å²) in [7, 11) is 0. The van der Waals surface area contributed by atoms with Crippen LogP contribution in [0.25, 0.3) is 0 Å². The second-order valence-electron chi connectivity index (χ2n) is 4.56. The van der Waals surface area contributed by atoms with Gasteiger partial charge in [-0.25, -0.2) is 0 Å². The van der Waals surface area contributed by atoms with Crippen LogP contribution in [0.5, 0.6) is 0 Å². The SMILES string of the molecule is CCC(C)CCCN1CCCCC1. The first-order valence-corrected chi connectivity index (χ1v) is 6.05. The summed E-state index contributed by atoms with van der Waals surface area (Å²) in [6.45, 7) is 8.74. The number of hydrogen-bond donors (Lipinski definition) is 0. The van der Waals surface area contributed by atoms with Gasteiger partial charge in [0.15, 0.2) is 0 Å². The first-order valence-electron chi connectivity index (χ1n) is 6.05. The zero-order valence-electron chi connectivity index (χ0n) is 9.39. The van der Waals surface area contributed by atoms with E-state index in [0.29, 0.717) is 0 Å². The number of nitrogens with zero attached hydrogens (tertiary/aromatic N) is 1. The Morgan fingerprint density at radius 3 is 2.46 bits per heavy atom. The van der Waals surface area contributed by atoms with E-state index >= 15 is 0 Å². The zero-order valence-corrected chi connectivity index (χ0v) is 9.39. The number of likely N-dealkylation sites (tertiary alicyclic amines) is 1. The van der Waals surface area contributed by atoms with Gasteiger partial charge in [-0.2, -0.15) is 0 Å². The Balaban J connectivity index is 1.98. The summed E-state index contributed by atoms with van der Waals surface area (Å²) in [6, 6.07) is 0. The molecule has 13 heavy (non-hydrogen) atoms. The van der Waals surface area contributed by atoms with Crippen molar-refractivity contribution in [3.8, 4) is 0 Å². The first-order chi connectivity index (χ1) is 6.33. The molecule has 1 saturated heterocycles. The van der Waals surface area contributed by atoms with E-state index in [1.165, 1.54) is 58.2 Å². The normalized spacial score (nSPS) is 21.7. The molecule has 1 rings (SSSR count). The second kappa shape index (κ2) is 6.42. The summed E-state index contributed by atoms with van der Waals surface area (Å²) in [5.74, 6) is 0.935. The summed E-state index contributed by atoms with van der Waals surface area (Å²) in [5.41, 5.74) is 0. The van der Waals surface area contributed by atoms with E-state index in [0.717, 1.165) is 5.92 Å². The largest absolute Gasteiger partial charge is 0.303 e. The summed E-state index contributed by atoms with van der Waals surface area (Å²) in [5, 5.41) is 0. The molecule has 0 amide bonds. The molecule has 1 heteroatoms. The molecule has 0 radical (unpaired) electrons. The molecule has 0 aromatic carbocycles. The monoisotopic (exact) mass is 183 g/mol. The smallest absolute Gasteiger partial charge is 0.00186 e. The lowest BCUT2D eigenvalue weighted by atomic mass is 10.0. The Morgan fingerprint density at radius 1 is 1.15 bits per heavy atom. The molecular weight excluding hydrogens is 158 g/mol. The third kappa shape index (κ3) is 4.66. The van der Waals surface area contributed by atoms with E-state index in [2.05, 4.69) is 18.7 Å². The van der Waals surface area contributed by atoms with Crippen LogP contribution in [0.2, 0.25) is 0 Å². The van der Waals surface area contributed by atoms with Gasteiger partial charge in [0.2, 0.25) is 0 Å². The molecule has 0 saturated carbocycles. The third-order valence-electron chi connectivity index (χ3n) is 3.32. The maximum absolute atomic E-state index is 2.64. The van der Waals surface area contributed by atoms with Crippen LogP contribution < -0.4 is 0 Å². The van der Waals surface area contributed by atoms with Crippen LogP contribution in [0.15, 0.2) is 0 Å². The van der Waals surface area contributed by atoms with Crippen LogP contribution in [0.4, 0.5) is 0 Å². The molecule has 0 N–H and O–H groups in total. The predicted octanol–water partition coefficient (Wildman–Crippen LogP) is 3.30. The molecule has 1 fully saturated rings. The molecule has 0 aromatic heterocycles. The van der Waals surface area contributed by atoms with Crippen molar-refractivity contribution < 1.29 is 0 Å². The molecule has 0 bridgehead atoms. The Kier molecular flexibility index (Phi) is 5.45. The molecule has 1 nitrogen and oxygen atoms in total. The lowest BCUT2D eigenvalue weighted by molar-refractivity contribution is 0.220. The zero-order chi connectivity index (χ0) is 9.52. The molecule has 0 aromatic rings. The molecule has 1 aliphatic rings.